The minimum absolute atomic E-state index is 0.128. The minimum Gasteiger partial charge on any atom is -0.478 e. The van der Waals surface area contributed by atoms with Crippen molar-refractivity contribution in [3.8, 4) is 0 Å². The third kappa shape index (κ3) is 3.13. The summed E-state index contributed by atoms with van der Waals surface area (Å²) >= 11 is 0. The molecule has 0 aromatic heterocycles. The van der Waals surface area contributed by atoms with Crippen LogP contribution in [0.5, 0.6) is 0 Å². The van der Waals surface area contributed by atoms with E-state index in [2.05, 4.69) is 0 Å². The highest BCUT2D eigenvalue weighted by Crippen LogP contribution is 2.38. The summed E-state index contributed by atoms with van der Waals surface area (Å²) in [5.41, 5.74) is -1.20. The van der Waals surface area contributed by atoms with Crippen molar-refractivity contribution in [1.29, 1.82) is 0 Å². The SMILES string of the molecule is CCC1OCC(CC)(/C(C(=O)O)=C(\C)C(=O)O)CO1. The summed E-state index contributed by atoms with van der Waals surface area (Å²) in [5, 5.41) is 18.4. The van der Waals surface area contributed by atoms with Crippen LogP contribution >= 0.6 is 0 Å². The Morgan fingerprint density at radius 2 is 1.68 bits per heavy atom. The standard InChI is InChI=1S/C13H20O6/c1-4-9-18-6-13(5-2,7-19-9)10(12(16)17)8(3)11(14)15/h9H,4-7H2,1-3H3,(H,14,15)(H,16,17)/b10-8+. The summed E-state index contributed by atoms with van der Waals surface area (Å²) < 4.78 is 11.0. The number of hydrogen-bond donors (Lipinski definition) is 2. The monoisotopic (exact) mass is 272 g/mol. The molecule has 0 atom stereocenters. The van der Waals surface area contributed by atoms with Crippen molar-refractivity contribution in [1.82, 2.24) is 0 Å². The average Bonchev–Trinajstić information content (AvgIpc) is 2.39. The van der Waals surface area contributed by atoms with Gasteiger partial charge < -0.3 is 19.7 Å². The Kier molecular flexibility index (Phi) is 5.08. The zero-order valence-electron chi connectivity index (χ0n) is 11.4. The summed E-state index contributed by atoms with van der Waals surface area (Å²) in [5.74, 6) is -2.47. The van der Waals surface area contributed by atoms with Crippen LogP contribution in [-0.4, -0.2) is 41.7 Å². The van der Waals surface area contributed by atoms with Gasteiger partial charge in [0.25, 0.3) is 0 Å². The number of carbonyl (C=O) groups is 2. The summed E-state index contributed by atoms with van der Waals surface area (Å²) in [7, 11) is 0. The van der Waals surface area contributed by atoms with Crippen LogP contribution in [0.25, 0.3) is 0 Å². The van der Waals surface area contributed by atoms with Gasteiger partial charge in [-0.15, -0.1) is 0 Å². The van der Waals surface area contributed by atoms with Crippen LogP contribution < -0.4 is 0 Å². The Morgan fingerprint density at radius 1 is 1.16 bits per heavy atom. The van der Waals surface area contributed by atoms with Gasteiger partial charge in [-0.05, 0) is 19.8 Å². The first-order valence-corrected chi connectivity index (χ1v) is 6.29. The Hall–Kier alpha value is -1.40. The van der Waals surface area contributed by atoms with Crippen LogP contribution in [0.4, 0.5) is 0 Å². The first-order chi connectivity index (χ1) is 8.88. The lowest BCUT2D eigenvalue weighted by Crippen LogP contribution is -2.45. The van der Waals surface area contributed by atoms with Crippen molar-refractivity contribution in [3.05, 3.63) is 11.1 Å². The Balaban J connectivity index is 3.16. The summed E-state index contributed by atoms with van der Waals surface area (Å²) in [6, 6.07) is 0. The zero-order chi connectivity index (χ0) is 14.6. The molecule has 0 aromatic rings. The normalized spacial score (nSPS) is 28.7. The molecule has 0 unspecified atom stereocenters. The molecule has 108 valence electrons. The second kappa shape index (κ2) is 6.16. The quantitative estimate of drug-likeness (QED) is 0.739. The predicted molar refractivity (Wildman–Crippen MR) is 66.7 cm³/mol. The maximum atomic E-state index is 11.4. The van der Waals surface area contributed by atoms with Crippen molar-refractivity contribution in [2.24, 2.45) is 5.41 Å². The third-order valence-corrected chi connectivity index (χ3v) is 3.54. The van der Waals surface area contributed by atoms with Gasteiger partial charge in [-0.25, -0.2) is 9.59 Å². The largest absolute Gasteiger partial charge is 0.478 e. The van der Waals surface area contributed by atoms with Gasteiger partial charge in [0.2, 0.25) is 0 Å². The van der Waals surface area contributed by atoms with Crippen LogP contribution in [0.1, 0.15) is 33.6 Å². The van der Waals surface area contributed by atoms with E-state index in [9.17, 15) is 14.7 Å². The fourth-order valence-electron chi connectivity index (χ4n) is 2.25. The molecule has 0 aliphatic carbocycles. The molecule has 1 fully saturated rings. The van der Waals surface area contributed by atoms with Gasteiger partial charge in [0, 0.05) is 11.0 Å². The van der Waals surface area contributed by atoms with Crippen molar-refractivity contribution >= 4 is 11.9 Å². The van der Waals surface area contributed by atoms with Crippen LogP contribution in [0.15, 0.2) is 11.1 Å². The van der Waals surface area contributed by atoms with E-state index in [0.29, 0.717) is 12.8 Å². The first kappa shape index (κ1) is 15.7. The van der Waals surface area contributed by atoms with Crippen molar-refractivity contribution in [2.45, 2.75) is 39.9 Å². The number of rotatable bonds is 5. The molecule has 0 radical (unpaired) electrons. The zero-order valence-corrected chi connectivity index (χ0v) is 11.4. The van der Waals surface area contributed by atoms with Gasteiger partial charge in [0.05, 0.1) is 18.8 Å². The van der Waals surface area contributed by atoms with Crippen molar-refractivity contribution < 1.29 is 29.3 Å². The molecule has 0 bridgehead atoms. The maximum absolute atomic E-state index is 11.4. The van der Waals surface area contributed by atoms with Gasteiger partial charge >= 0.3 is 11.9 Å². The lowest BCUT2D eigenvalue weighted by atomic mass is 9.76. The van der Waals surface area contributed by atoms with E-state index in [0.717, 1.165) is 0 Å². The van der Waals surface area contributed by atoms with E-state index in [1.165, 1.54) is 6.92 Å². The van der Waals surface area contributed by atoms with Gasteiger partial charge in [0.1, 0.15) is 0 Å². The van der Waals surface area contributed by atoms with Crippen LogP contribution in [0, 0.1) is 5.41 Å². The van der Waals surface area contributed by atoms with Gasteiger partial charge in [-0.3, -0.25) is 0 Å². The minimum atomic E-state index is -1.23. The summed E-state index contributed by atoms with van der Waals surface area (Å²) in [6.07, 6.45) is 0.763. The second-order valence-electron chi connectivity index (χ2n) is 4.70. The molecular formula is C13H20O6. The lowest BCUT2D eigenvalue weighted by molar-refractivity contribution is -0.223. The third-order valence-electron chi connectivity index (χ3n) is 3.54. The lowest BCUT2D eigenvalue weighted by Gasteiger charge is -2.40. The van der Waals surface area contributed by atoms with Gasteiger partial charge in [0.15, 0.2) is 6.29 Å². The molecule has 1 aliphatic rings. The topological polar surface area (TPSA) is 93.1 Å². The predicted octanol–water partition coefficient (Wildman–Crippen LogP) is 1.65. The molecule has 2 N–H and O–H groups in total. The first-order valence-electron chi connectivity index (χ1n) is 6.29. The summed E-state index contributed by atoms with van der Waals surface area (Å²) in [4.78, 5) is 22.5. The maximum Gasteiger partial charge on any atom is 0.332 e. The second-order valence-corrected chi connectivity index (χ2v) is 4.70. The van der Waals surface area contributed by atoms with E-state index >= 15 is 0 Å². The van der Waals surface area contributed by atoms with Crippen LogP contribution in [-0.2, 0) is 19.1 Å². The molecular weight excluding hydrogens is 252 g/mol. The van der Waals surface area contributed by atoms with E-state index in [1.807, 2.05) is 6.92 Å². The molecule has 0 spiro atoms. The Morgan fingerprint density at radius 3 is 2.00 bits per heavy atom. The Labute approximate surface area is 112 Å². The fourth-order valence-corrected chi connectivity index (χ4v) is 2.25. The smallest absolute Gasteiger partial charge is 0.332 e. The van der Waals surface area contributed by atoms with Gasteiger partial charge in [-0.1, -0.05) is 13.8 Å². The van der Waals surface area contributed by atoms with Crippen LogP contribution in [0.3, 0.4) is 0 Å². The molecule has 1 heterocycles. The number of carboxylic acids is 2. The molecule has 6 nitrogen and oxygen atoms in total. The number of ether oxygens (including phenoxy) is 2. The van der Waals surface area contributed by atoms with Gasteiger partial charge in [-0.2, -0.15) is 0 Å². The Bertz CT molecular complexity index is 390. The van der Waals surface area contributed by atoms with E-state index in [-0.39, 0.29) is 30.6 Å². The molecule has 0 amide bonds. The summed E-state index contributed by atoms with van der Waals surface area (Å²) in [6.45, 7) is 5.33. The highest BCUT2D eigenvalue weighted by molar-refractivity contribution is 5.99. The average molecular weight is 272 g/mol. The van der Waals surface area contributed by atoms with Crippen LogP contribution in [0.2, 0.25) is 0 Å². The molecule has 0 aromatic carbocycles. The highest BCUT2D eigenvalue weighted by Gasteiger charge is 2.43. The van der Waals surface area contributed by atoms with Crippen molar-refractivity contribution in [3.63, 3.8) is 0 Å². The molecule has 0 saturated carbocycles. The molecule has 1 rings (SSSR count). The van der Waals surface area contributed by atoms with Crippen molar-refractivity contribution in [2.75, 3.05) is 13.2 Å². The number of hydrogen-bond acceptors (Lipinski definition) is 4. The molecule has 19 heavy (non-hydrogen) atoms. The number of carboxylic acid groups (broad SMARTS) is 2. The molecule has 1 aliphatic heterocycles. The highest BCUT2D eigenvalue weighted by atomic mass is 16.7. The fraction of sp³-hybridized carbons (Fsp3) is 0.692. The molecule has 1 saturated heterocycles. The van der Waals surface area contributed by atoms with E-state index in [1.54, 1.807) is 6.92 Å². The van der Waals surface area contributed by atoms with E-state index < -0.39 is 17.4 Å². The molecule has 6 heteroatoms. The number of aliphatic carboxylic acids is 2. The van der Waals surface area contributed by atoms with E-state index in [4.69, 9.17) is 14.6 Å².